The molecule has 2 heterocycles. The molecule has 0 saturated carbocycles. The Morgan fingerprint density at radius 1 is 1.17 bits per heavy atom. The highest BCUT2D eigenvalue weighted by Gasteiger charge is 2.06. The normalized spacial score (nSPS) is 10.2. The number of anilines is 1. The summed E-state index contributed by atoms with van der Waals surface area (Å²) in [6, 6.07) is 7.78. The molecule has 2 N–H and O–H groups in total. The standard InChI is InChI=1S/C17H22N4OS/c1-3-13-7-5-11-19-16(13)21-17(23)20-12-9-14-15(22-4-2)8-6-10-18-14/h5-8,10-11H,3-4,9,12H2,1-2H3,(H2,19,20,21,23). The number of hydrogen-bond donors (Lipinski definition) is 2. The molecule has 0 fully saturated rings. The van der Waals surface area contributed by atoms with Crippen LogP contribution in [0.4, 0.5) is 5.82 Å². The highest BCUT2D eigenvalue weighted by atomic mass is 32.1. The molecule has 6 heteroatoms. The lowest BCUT2D eigenvalue weighted by molar-refractivity contribution is 0.334. The van der Waals surface area contributed by atoms with Gasteiger partial charge in [-0.3, -0.25) is 4.98 Å². The molecular formula is C17H22N4OS. The van der Waals surface area contributed by atoms with Gasteiger partial charge in [0.15, 0.2) is 5.11 Å². The predicted molar refractivity (Wildman–Crippen MR) is 96.9 cm³/mol. The van der Waals surface area contributed by atoms with Crippen LogP contribution in [-0.2, 0) is 12.8 Å². The molecule has 0 spiro atoms. The number of aryl methyl sites for hydroxylation is 1. The topological polar surface area (TPSA) is 59.1 Å². The van der Waals surface area contributed by atoms with Crippen LogP contribution in [0.5, 0.6) is 5.75 Å². The van der Waals surface area contributed by atoms with Gasteiger partial charge in [-0.25, -0.2) is 4.98 Å². The molecule has 0 radical (unpaired) electrons. The second-order valence-corrected chi connectivity index (χ2v) is 5.29. The summed E-state index contributed by atoms with van der Waals surface area (Å²) in [4.78, 5) is 8.69. The first-order valence-electron chi connectivity index (χ1n) is 7.80. The number of ether oxygens (including phenoxy) is 1. The van der Waals surface area contributed by atoms with E-state index in [1.54, 1.807) is 12.4 Å². The molecule has 0 aromatic carbocycles. The Hall–Kier alpha value is -2.21. The maximum atomic E-state index is 5.57. The average molecular weight is 330 g/mol. The average Bonchev–Trinajstić information content (AvgIpc) is 2.57. The summed E-state index contributed by atoms with van der Waals surface area (Å²) in [5, 5.41) is 6.89. The molecule has 2 rings (SSSR count). The van der Waals surface area contributed by atoms with Gasteiger partial charge in [0, 0.05) is 25.4 Å². The highest BCUT2D eigenvalue weighted by Crippen LogP contribution is 2.15. The summed E-state index contributed by atoms with van der Waals surface area (Å²) in [7, 11) is 0. The largest absolute Gasteiger partial charge is 0.492 e. The summed E-state index contributed by atoms with van der Waals surface area (Å²) in [5.41, 5.74) is 2.07. The molecule has 5 nitrogen and oxygen atoms in total. The molecular weight excluding hydrogens is 308 g/mol. The van der Waals surface area contributed by atoms with E-state index in [2.05, 4.69) is 27.5 Å². The van der Waals surface area contributed by atoms with Crippen LogP contribution in [0.1, 0.15) is 25.1 Å². The van der Waals surface area contributed by atoms with E-state index in [9.17, 15) is 0 Å². The van der Waals surface area contributed by atoms with Crippen molar-refractivity contribution in [2.24, 2.45) is 0 Å². The van der Waals surface area contributed by atoms with Gasteiger partial charge in [-0.2, -0.15) is 0 Å². The third-order valence-electron chi connectivity index (χ3n) is 3.30. The van der Waals surface area contributed by atoms with Crippen LogP contribution in [0.15, 0.2) is 36.7 Å². The maximum Gasteiger partial charge on any atom is 0.171 e. The summed E-state index contributed by atoms with van der Waals surface area (Å²) in [6.45, 7) is 5.37. The number of nitrogens with zero attached hydrogens (tertiary/aromatic N) is 2. The molecule has 0 atom stereocenters. The number of rotatable bonds is 7. The summed E-state index contributed by atoms with van der Waals surface area (Å²) in [6.07, 6.45) is 5.17. The second-order valence-electron chi connectivity index (χ2n) is 4.88. The van der Waals surface area contributed by atoms with Gasteiger partial charge in [-0.05, 0) is 49.3 Å². The zero-order valence-electron chi connectivity index (χ0n) is 13.5. The van der Waals surface area contributed by atoms with E-state index in [4.69, 9.17) is 17.0 Å². The fourth-order valence-electron chi connectivity index (χ4n) is 2.18. The fraction of sp³-hybridized carbons (Fsp3) is 0.353. The molecule has 0 amide bonds. The van der Waals surface area contributed by atoms with E-state index in [1.165, 1.54) is 0 Å². The third-order valence-corrected chi connectivity index (χ3v) is 3.55. The van der Waals surface area contributed by atoms with Crippen LogP contribution in [0.3, 0.4) is 0 Å². The van der Waals surface area contributed by atoms with Gasteiger partial charge >= 0.3 is 0 Å². The van der Waals surface area contributed by atoms with Crippen molar-refractivity contribution < 1.29 is 4.74 Å². The Labute approximate surface area is 142 Å². The smallest absolute Gasteiger partial charge is 0.171 e. The van der Waals surface area contributed by atoms with Gasteiger partial charge in [0.2, 0.25) is 0 Å². The lowest BCUT2D eigenvalue weighted by Gasteiger charge is -2.13. The predicted octanol–water partition coefficient (Wildman–Crippen LogP) is 2.97. The summed E-state index contributed by atoms with van der Waals surface area (Å²) >= 11 is 5.33. The van der Waals surface area contributed by atoms with E-state index in [0.29, 0.717) is 18.3 Å². The van der Waals surface area contributed by atoms with Crippen molar-refractivity contribution in [2.45, 2.75) is 26.7 Å². The Morgan fingerprint density at radius 2 is 1.96 bits per heavy atom. The van der Waals surface area contributed by atoms with Crippen LogP contribution < -0.4 is 15.4 Å². The monoisotopic (exact) mass is 330 g/mol. The van der Waals surface area contributed by atoms with Crippen LogP contribution in [-0.4, -0.2) is 28.2 Å². The van der Waals surface area contributed by atoms with E-state index < -0.39 is 0 Å². The molecule has 2 aromatic rings. The number of thiocarbonyl (C=S) groups is 1. The van der Waals surface area contributed by atoms with Crippen molar-refractivity contribution >= 4 is 23.1 Å². The van der Waals surface area contributed by atoms with Gasteiger partial charge in [0.05, 0.1) is 12.3 Å². The lowest BCUT2D eigenvalue weighted by atomic mass is 10.2. The minimum Gasteiger partial charge on any atom is -0.492 e. The summed E-state index contributed by atoms with van der Waals surface area (Å²) in [5.74, 6) is 1.63. The zero-order valence-corrected chi connectivity index (χ0v) is 14.3. The number of pyridine rings is 2. The van der Waals surface area contributed by atoms with Crippen LogP contribution in [0.2, 0.25) is 0 Å². The molecule has 0 bridgehead atoms. The van der Waals surface area contributed by atoms with Gasteiger partial charge in [-0.15, -0.1) is 0 Å². The van der Waals surface area contributed by atoms with Crippen molar-refractivity contribution in [1.82, 2.24) is 15.3 Å². The first-order chi connectivity index (χ1) is 11.2. The quantitative estimate of drug-likeness (QED) is 0.761. The first kappa shape index (κ1) is 17.1. The SMILES string of the molecule is CCOc1cccnc1CCNC(=S)Nc1ncccc1CC. The highest BCUT2D eigenvalue weighted by molar-refractivity contribution is 7.80. The lowest BCUT2D eigenvalue weighted by Crippen LogP contribution is -2.31. The van der Waals surface area contributed by atoms with Crippen LogP contribution in [0.25, 0.3) is 0 Å². The maximum absolute atomic E-state index is 5.57. The Kier molecular flexibility index (Phi) is 6.75. The van der Waals surface area contributed by atoms with Crippen LogP contribution >= 0.6 is 12.2 Å². The second kappa shape index (κ2) is 9.05. The van der Waals surface area contributed by atoms with Crippen LogP contribution in [0, 0.1) is 0 Å². The summed E-state index contributed by atoms with van der Waals surface area (Å²) < 4.78 is 5.57. The zero-order chi connectivity index (χ0) is 16.5. The molecule has 0 unspecified atom stereocenters. The van der Waals surface area contributed by atoms with E-state index in [-0.39, 0.29) is 0 Å². The van der Waals surface area contributed by atoms with E-state index in [1.807, 2.05) is 31.2 Å². The Morgan fingerprint density at radius 3 is 2.74 bits per heavy atom. The minimum absolute atomic E-state index is 0.562. The molecule has 0 aliphatic heterocycles. The van der Waals surface area contributed by atoms with Crippen molar-refractivity contribution in [1.29, 1.82) is 0 Å². The number of nitrogens with one attached hydrogen (secondary N) is 2. The van der Waals surface area contributed by atoms with Gasteiger partial charge < -0.3 is 15.4 Å². The van der Waals surface area contributed by atoms with Crippen molar-refractivity contribution in [3.05, 3.63) is 47.9 Å². The molecule has 0 aliphatic rings. The van der Waals surface area contributed by atoms with Gasteiger partial charge in [0.1, 0.15) is 11.6 Å². The van der Waals surface area contributed by atoms with Crippen molar-refractivity contribution in [3.63, 3.8) is 0 Å². The molecule has 0 aliphatic carbocycles. The molecule has 122 valence electrons. The molecule has 23 heavy (non-hydrogen) atoms. The Bertz CT molecular complexity index is 648. The minimum atomic E-state index is 0.562. The van der Waals surface area contributed by atoms with E-state index in [0.717, 1.165) is 35.7 Å². The van der Waals surface area contributed by atoms with Gasteiger partial charge in [0.25, 0.3) is 0 Å². The van der Waals surface area contributed by atoms with Crippen molar-refractivity contribution in [2.75, 3.05) is 18.5 Å². The number of hydrogen-bond acceptors (Lipinski definition) is 4. The van der Waals surface area contributed by atoms with Gasteiger partial charge in [-0.1, -0.05) is 13.0 Å². The molecule has 0 saturated heterocycles. The molecule has 2 aromatic heterocycles. The number of aromatic nitrogens is 2. The first-order valence-corrected chi connectivity index (χ1v) is 8.20. The Balaban J connectivity index is 1.85. The van der Waals surface area contributed by atoms with E-state index >= 15 is 0 Å². The third kappa shape index (κ3) is 5.17. The fourth-order valence-corrected chi connectivity index (χ4v) is 2.38. The van der Waals surface area contributed by atoms with Crippen molar-refractivity contribution in [3.8, 4) is 5.75 Å².